The van der Waals surface area contributed by atoms with Gasteiger partial charge in [0.1, 0.15) is 16.5 Å². The van der Waals surface area contributed by atoms with E-state index in [1.807, 2.05) is 17.5 Å². The molecule has 0 spiro atoms. The summed E-state index contributed by atoms with van der Waals surface area (Å²) in [6, 6.07) is 3.92. The highest BCUT2D eigenvalue weighted by molar-refractivity contribution is 7.22. The fourth-order valence-corrected chi connectivity index (χ4v) is 4.38. The molecule has 3 heterocycles. The van der Waals surface area contributed by atoms with Crippen LogP contribution in [0.1, 0.15) is 28.0 Å². The van der Waals surface area contributed by atoms with Crippen molar-refractivity contribution in [3.8, 4) is 9.88 Å². The number of hydrogen-bond acceptors (Lipinski definition) is 8. The Hall–Kier alpha value is -2.10. The van der Waals surface area contributed by atoms with Gasteiger partial charge >= 0.3 is 5.97 Å². The van der Waals surface area contributed by atoms with Crippen molar-refractivity contribution in [1.82, 2.24) is 9.97 Å². The average molecular weight is 379 g/mol. The second-order valence-corrected chi connectivity index (χ2v) is 7.62. The second kappa shape index (κ2) is 7.20. The van der Waals surface area contributed by atoms with Gasteiger partial charge in [-0.1, -0.05) is 6.07 Å². The Labute approximate surface area is 150 Å². The van der Waals surface area contributed by atoms with Crippen molar-refractivity contribution >= 4 is 51.0 Å². The van der Waals surface area contributed by atoms with Crippen molar-refractivity contribution in [1.29, 1.82) is 0 Å². The molecule has 0 aliphatic carbocycles. The predicted molar refractivity (Wildman–Crippen MR) is 95.7 cm³/mol. The van der Waals surface area contributed by atoms with Crippen molar-refractivity contribution in [2.75, 3.05) is 5.32 Å². The van der Waals surface area contributed by atoms with Crippen LogP contribution in [0.25, 0.3) is 9.88 Å². The van der Waals surface area contributed by atoms with Gasteiger partial charge in [-0.3, -0.25) is 4.79 Å². The topological polar surface area (TPSA) is 81.2 Å². The van der Waals surface area contributed by atoms with E-state index < -0.39 is 5.97 Å². The molecule has 0 aromatic carbocycles. The van der Waals surface area contributed by atoms with E-state index in [9.17, 15) is 9.59 Å². The number of rotatable bonds is 5. The van der Waals surface area contributed by atoms with E-state index in [0.29, 0.717) is 21.4 Å². The third-order valence-corrected chi connectivity index (χ3v) is 5.88. The van der Waals surface area contributed by atoms with E-state index in [1.165, 1.54) is 29.6 Å². The minimum absolute atomic E-state index is 0.0561. The largest absolute Gasteiger partial charge is 0.455 e. The minimum atomic E-state index is -0.415. The van der Waals surface area contributed by atoms with Crippen molar-refractivity contribution < 1.29 is 14.3 Å². The summed E-state index contributed by atoms with van der Waals surface area (Å²) < 4.78 is 5.31. The molecule has 0 saturated carbocycles. The smallest absolute Gasteiger partial charge is 0.350 e. The van der Waals surface area contributed by atoms with Gasteiger partial charge in [-0.25, -0.2) is 14.8 Å². The molecular formula is C15H13N3O3S3. The van der Waals surface area contributed by atoms with Crippen LogP contribution in [0.2, 0.25) is 0 Å². The Morgan fingerprint density at radius 1 is 1.29 bits per heavy atom. The average Bonchev–Trinajstić information content (AvgIpc) is 3.24. The van der Waals surface area contributed by atoms with Crippen LogP contribution in [0.15, 0.2) is 22.9 Å². The minimum Gasteiger partial charge on any atom is -0.455 e. The number of anilines is 1. The highest BCUT2D eigenvalue weighted by Crippen LogP contribution is 2.31. The molecule has 1 N–H and O–H groups in total. The maximum atomic E-state index is 12.3. The van der Waals surface area contributed by atoms with Gasteiger partial charge in [0.25, 0.3) is 0 Å². The Balaban J connectivity index is 1.65. The fourth-order valence-electron chi connectivity index (χ4n) is 1.88. The third-order valence-electron chi connectivity index (χ3n) is 2.90. The van der Waals surface area contributed by atoms with E-state index in [-0.39, 0.29) is 12.5 Å². The third kappa shape index (κ3) is 3.86. The van der Waals surface area contributed by atoms with Gasteiger partial charge in [-0.2, -0.15) is 0 Å². The summed E-state index contributed by atoms with van der Waals surface area (Å²) in [5.41, 5.74) is 1.25. The molecule has 3 aromatic rings. The highest BCUT2D eigenvalue weighted by Gasteiger charge is 2.18. The van der Waals surface area contributed by atoms with Crippen molar-refractivity contribution in [2.24, 2.45) is 0 Å². The lowest BCUT2D eigenvalue weighted by Crippen LogP contribution is -2.07. The van der Waals surface area contributed by atoms with Gasteiger partial charge in [0.15, 0.2) is 5.13 Å². The lowest BCUT2D eigenvalue weighted by molar-refractivity contribution is -0.114. The van der Waals surface area contributed by atoms with Crippen LogP contribution in [0.4, 0.5) is 5.13 Å². The maximum absolute atomic E-state index is 12.3. The fraction of sp³-hybridized carbons (Fsp3) is 0.200. The maximum Gasteiger partial charge on any atom is 0.350 e. The molecule has 1 amide bonds. The van der Waals surface area contributed by atoms with Gasteiger partial charge in [-0.05, 0) is 18.4 Å². The SMILES string of the molecule is CC(=O)Nc1nc(COC(=O)c2sc(-c3cccs3)nc2C)cs1. The number of aromatic nitrogens is 2. The van der Waals surface area contributed by atoms with Crippen molar-refractivity contribution in [3.05, 3.63) is 39.2 Å². The molecule has 24 heavy (non-hydrogen) atoms. The first-order valence-corrected chi connectivity index (χ1v) is 9.51. The van der Waals surface area contributed by atoms with E-state index in [2.05, 4.69) is 15.3 Å². The number of nitrogens with one attached hydrogen (secondary N) is 1. The van der Waals surface area contributed by atoms with E-state index in [1.54, 1.807) is 23.6 Å². The summed E-state index contributed by atoms with van der Waals surface area (Å²) >= 11 is 4.19. The standard InChI is InChI=1S/C15H13N3O3S3/c1-8-12(24-13(16-8)11-4-3-5-22-11)14(20)21-6-10-7-23-15(18-10)17-9(2)19/h3-5,7H,6H2,1-2H3,(H,17,18,19). The molecule has 124 valence electrons. The molecule has 6 nitrogen and oxygen atoms in total. The zero-order valence-electron chi connectivity index (χ0n) is 12.9. The van der Waals surface area contributed by atoms with E-state index >= 15 is 0 Å². The molecule has 0 atom stereocenters. The normalized spacial score (nSPS) is 10.6. The van der Waals surface area contributed by atoms with Crippen LogP contribution in [0, 0.1) is 6.92 Å². The number of aryl methyl sites for hydroxylation is 1. The number of hydrogen-bond donors (Lipinski definition) is 1. The van der Waals surface area contributed by atoms with E-state index in [0.717, 1.165) is 9.88 Å². The van der Waals surface area contributed by atoms with Crippen LogP contribution >= 0.6 is 34.0 Å². The Morgan fingerprint density at radius 2 is 2.12 bits per heavy atom. The Bertz CT molecular complexity index is 868. The number of carbonyl (C=O) groups excluding carboxylic acids is 2. The van der Waals surface area contributed by atoms with Crippen LogP contribution in [-0.2, 0) is 16.1 Å². The Morgan fingerprint density at radius 3 is 2.83 bits per heavy atom. The Kier molecular flexibility index (Phi) is 5.03. The molecule has 3 aromatic heterocycles. The number of carbonyl (C=O) groups is 2. The van der Waals surface area contributed by atoms with Crippen LogP contribution < -0.4 is 5.32 Å². The zero-order valence-corrected chi connectivity index (χ0v) is 15.3. The number of nitrogens with zero attached hydrogens (tertiary/aromatic N) is 2. The van der Waals surface area contributed by atoms with E-state index in [4.69, 9.17) is 4.74 Å². The van der Waals surface area contributed by atoms with Crippen LogP contribution in [0.3, 0.4) is 0 Å². The molecule has 0 fully saturated rings. The van der Waals surface area contributed by atoms with Crippen LogP contribution in [0.5, 0.6) is 0 Å². The number of amides is 1. The summed E-state index contributed by atoms with van der Waals surface area (Å²) in [6.45, 7) is 3.27. The molecule has 0 aliphatic rings. The number of thiazole rings is 2. The van der Waals surface area contributed by atoms with Gasteiger partial charge < -0.3 is 10.1 Å². The quantitative estimate of drug-likeness (QED) is 0.679. The lowest BCUT2D eigenvalue weighted by Gasteiger charge is -2.01. The van der Waals surface area contributed by atoms with Crippen LogP contribution in [-0.4, -0.2) is 21.8 Å². The number of thiophene rings is 1. The van der Waals surface area contributed by atoms with Gasteiger partial charge in [0, 0.05) is 12.3 Å². The molecule has 0 aliphatic heterocycles. The monoisotopic (exact) mass is 379 g/mol. The summed E-state index contributed by atoms with van der Waals surface area (Å²) in [6.07, 6.45) is 0. The molecule has 0 saturated heterocycles. The first kappa shape index (κ1) is 16.7. The second-order valence-electron chi connectivity index (χ2n) is 4.81. The summed E-state index contributed by atoms with van der Waals surface area (Å²) in [5, 5.41) is 7.61. The molecule has 0 unspecified atom stereocenters. The van der Waals surface area contributed by atoms with Gasteiger partial charge in [-0.15, -0.1) is 34.0 Å². The summed E-state index contributed by atoms with van der Waals surface area (Å²) in [5.74, 6) is -0.601. The molecule has 9 heteroatoms. The first-order valence-electron chi connectivity index (χ1n) is 6.93. The van der Waals surface area contributed by atoms with Crippen molar-refractivity contribution in [2.45, 2.75) is 20.5 Å². The molecule has 3 rings (SSSR count). The predicted octanol–water partition coefficient (Wildman–Crippen LogP) is 3.95. The molecule has 0 bridgehead atoms. The van der Waals surface area contributed by atoms with Crippen molar-refractivity contribution in [3.63, 3.8) is 0 Å². The summed E-state index contributed by atoms with van der Waals surface area (Å²) in [4.78, 5) is 33.4. The number of ether oxygens (including phenoxy) is 1. The zero-order chi connectivity index (χ0) is 17.1. The first-order chi connectivity index (χ1) is 11.5. The highest BCUT2D eigenvalue weighted by atomic mass is 32.1. The lowest BCUT2D eigenvalue weighted by atomic mass is 10.4. The van der Waals surface area contributed by atoms with Gasteiger partial charge in [0.05, 0.1) is 16.3 Å². The van der Waals surface area contributed by atoms with Gasteiger partial charge in [0.2, 0.25) is 5.91 Å². The molecular weight excluding hydrogens is 366 g/mol. The number of esters is 1. The summed E-state index contributed by atoms with van der Waals surface area (Å²) in [7, 11) is 0. The molecule has 0 radical (unpaired) electrons.